The number of nitrogens with zero attached hydrogens (tertiary/aromatic N) is 2. The zero-order valence-electron chi connectivity index (χ0n) is 16.3. The van der Waals surface area contributed by atoms with E-state index < -0.39 is 11.5 Å². The number of aliphatic imine (C=N–C) groups is 1. The van der Waals surface area contributed by atoms with Crippen molar-refractivity contribution in [3.63, 3.8) is 0 Å². The van der Waals surface area contributed by atoms with Gasteiger partial charge in [-0.05, 0) is 24.3 Å². The highest BCUT2D eigenvalue weighted by molar-refractivity contribution is 6.31. The number of ether oxygens (including phenoxy) is 1. The van der Waals surface area contributed by atoms with Crippen molar-refractivity contribution in [2.24, 2.45) is 4.99 Å². The number of alkyl halides is 1. The summed E-state index contributed by atoms with van der Waals surface area (Å²) in [7, 11) is 1.59. The van der Waals surface area contributed by atoms with E-state index in [0.717, 1.165) is 6.07 Å². The summed E-state index contributed by atoms with van der Waals surface area (Å²) >= 11 is 5.73. The van der Waals surface area contributed by atoms with Gasteiger partial charge in [-0.1, -0.05) is 17.5 Å². The first-order chi connectivity index (χ1) is 13.9. The number of nitrogens with one attached hydrogen (secondary N) is 1. The van der Waals surface area contributed by atoms with Crippen LogP contribution in [-0.4, -0.2) is 62.2 Å². The maximum atomic E-state index is 15.0. The molecule has 1 saturated heterocycles. The third kappa shape index (κ3) is 6.84. The van der Waals surface area contributed by atoms with Crippen molar-refractivity contribution in [3.8, 4) is 12.3 Å². The van der Waals surface area contributed by atoms with Gasteiger partial charge in [-0.3, -0.25) is 9.79 Å². The quantitative estimate of drug-likeness (QED) is 0.317. The molecule has 1 amide bonds. The molecule has 0 saturated carbocycles. The van der Waals surface area contributed by atoms with Gasteiger partial charge in [0.2, 0.25) is 5.90 Å². The van der Waals surface area contributed by atoms with Crippen molar-refractivity contribution in [2.45, 2.75) is 18.5 Å². The molecule has 0 unspecified atom stereocenters. The molecule has 5 nitrogen and oxygen atoms in total. The molecule has 1 aliphatic rings. The molecule has 0 bridgehead atoms. The monoisotopic (exact) mass is 423 g/mol. The van der Waals surface area contributed by atoms with Crippen molar-refractivity contribution < 1.29 is 18.3 Å². The lowest BCUT2D eigenvalue weighted by atomic mass is 9.93. The molecule has 0 atom stereocenters. The van der Waals surface area contributed by atoms with Gasteiger partial charge in [0.1, 0.15) is 18.1 Å². The van der Waals surface area contributed by atoms with Crippen molar-refractivity contribution in [1.82, 2.24) is 10.2 Å². The van der Waals surface area contributed by atoms with Crippen LogP contribution in [-0.2, 0) is 4.74 Å². The van der Waals surface area contributed by atoms with Crippen LogP contribution in [0.3, 0.4) is 0 Å². The molecule has 1 aromatic carbocycles. The fourth-order valence-electron chi connectivity index (χ4n) is 2.95. The minimum atomic E-state index is -1.40. The molecule has 1 heterocycles. The number of benzene rings is 1. The fourth-order valence-corrected chi connectivity index (χ4v) is 3.13. The lowest BCUT2D eigenvalue weighted by molar-refractivity contribution is 0.0433. The molecule has 2 rings (SSSR count). The van der Waals surface area contributed by atoms with Crippen LogP contribution >= 0.6 is 11.6 Å². The lowest BCUT2D eigenvalue weighted by Crippen LogP contribution is -2.49. The van der Waals surface area contributed by atoms with Gasteiger partial charge in [-0.2, -0.15) is 0 Å². The van der Waals surface area contributed by atoms with E-state index in [9.17, 15) is 13.6 Å². The Morgan fingerprint density at radius 2 is 2.21 bits per heavy atom. The molecule has 0 aromatic heterocycles. The predicted octanol–water partition coefficient (Wildman–Crippen LogP) is 3.25. The Balaban J connectivity index is 1.74. The molecule has 156 valence electrons. The van der Waals surface area contributed by atoms with E-state index in [1.165, 1.54) is 18.2 Å². The minimum absolute atomic E-state index is 0.106. The first kappa shape index (κ1) is 22.9. The molecule has 1 fully saturated rings. The zero-order valence-corrected chi connectivity index (χ0v) is 17.0. The van der Waals surface area contributed by atoms with Gasteiger partial charge in [-0.25, -0.2) is 8.78 Å². The van der Waals surface area contributed by atoms with E-state index in [1.807, 2.05) is 0 Å². The van der Waals surface area contributed by atoms with Crippen LogP contribution in [0.2, 0.25) is 5.02 Å². The Morgan fingerprint density at radius 1 is 1.48 bits per heavy atom. The number of carbonyl (C=O) groups is 1. The van der Waals surface area contributed by atoms with Crippen LogP contribution in [0.25, 0.3) is 0 Å². The summed E-state index contributed by atoms with van der Waals surface area (Å²) in [4.78, 5) is 18.0. The average Bonchev–Trinajstić information content (AvgIpc) is 2.72. The summed E-state index contributed by atoms with van der Waals surface area (Å²) in [6.07, 6.45) is 8.63. The fraction of sp³-hybridized carbons (Fsp3) is 0.429. The summed E-state index contributed by atoms with van der Waals surface area (Å²) in [5.41, 5.74) is -1.10. The van der Waals surface area contributed by atoms with Gasteiger partial charge in [0.15, 0.2) is 0 Å². The molecular formula is C21H24ClF2N3O2. The van der Waals surface area contributed by atoms with Gasteiger partial charge in [0, 0.05) is 57.7 Å². The topological polar surface area (TPSA) is 53.9 Å². The van der Waals surface area contributed by atoms with Crippen LogP contribution in [0, 0.1) is 18.2 Å². The van der Waals surface area contributed by atoms with E-state index >= 15 is 0 Å². The summed E-state index contributed by atoms with van der Waals surface area (Å²) in [5, 5.41) is 2.93. The van der Waals surface area contributed by atoms with Gasteiger partial charge >= 0.3 is 0 Å². The second-order valence-corrected chi connectivity index (χ2v) is 7.07. The lowest BCUT2D eigenvalue weighted by Gasteiger charge is -2.36. The molecule has 1 aliphatic heterocycles. The van der Waals surface area contributed by atoms with Crippen LogP contribution in [0.15, 0.2) is 35.3 Å². The number of likely N-dealkylation sites (tertiary alicyclic amines) is 1. The van der Waals surface area contributed by atoms with Crippen molar-refractivity contribution in [1.29, 1.82) is 0 Å². The SMILES string of the molecule is C#C/C=C\C(=NC)OCCNCC1(F)CCN(C(=O)c2ccc(F)c(Cl)c2)CC1. The summed E-state index contributed by atoms with van der Waals surface area (Å²) in [6, 6.07) is 3.84. The molecule has 0 radical (unpaired) electrons. The summed E-state index contributed by atoms with van der Waals surface area (Å²) < 4.78 is 33.7. The number of rotatable bonds is 7. The molecular weight excluding hydrogens is 400 g/mol. The molecule has 8 heteroatoms. The zero-order chi connectivity index (χ0) is 21.3. The summed E-state index contributed by atoms with van der Waals surface area (Å²) in [6.45, 7) is 1.51. The normalized spacial score (nSPS) is 16.7. The van der Waals surface area contributed by atoms with E-state index in [2.05, 4.69) is 16.2 Å². The Morgan fingerprint density at radius 3 is 2.83 bits per heavy atom. The number of halogens is 3. The van der Waals surface area contributed by atoms with E-state index in [1.54, 1.807) is 18.0 Å². The largest absolute Gasteiger partial charge is 0.477 e. The smallest absolute Gasteiger partial charge is 0.253 e. The number of carbonyl (C=O) groups excluding carboxylic acids is 1. The maximum Gasteiger partial charge on any atom is 0.253 e. The number of terminal acetylenes is 1. The second-order valence-electron chi connectivity index (χ2n) is 6.66. The number of amides is 1. The second kappa shape index (κ2) is 10.9. The van der Waals surface area contributed by atoms with Crippen LogP contribution in [0.4, 0.5) is 8.78 Å². The van der Waals surface area contributed by atoms with E-state index in [-0.39, 0.29) is 43.4 Å². The van der Waals surface area contributed by atoms with Gasteiger partial charge in [0.05, 0.1) is 5.02 Å². The van der Waals surface area contributed by atoms with Crippen molar-refractivity contribution in [2.75, 3.05) is 39.8 Å². The molecule has 0 spiro atoms. The van der Waals surface area contributed by atoms with Gasteiger partial charge in [0.25, 0.3) is 5.91 Å². The standard InChI is InChI=1S/C21H24ClF2N3O2/c1-3-4-5-19(25-2)29-13-10-26-15-21(24)8-11-27(12-9-21)20(28)16-6-7-18(23)17(22)14-16/h1,4-7,14,26H,8-13,15H2,2H3/b5-4-,25-19?. The van der Waals surface area contributed by atoms with Gasteiger partial charge < -0.3 is 15.0 Å². The number of piperidine rings is 1. The number of allylic oxidation sites excluding steroid dienone is 1. The van der Waals surface area contributed by atoms with Crippen LogP contribution in [0.5, 0.6) is 0 Å². The first-order valence-electron chi connectivity index (χ1n) is 9.25. The Kier molecular flexibility index (Phi) is 8.62. The third-order valence-corrected chi connectivity index (χ3v) is 4.92. The highest BCUT2D eigenvalue weighted by Crippen LogP contribution is 2.27. The molecule has 1 N–H and O–H groups in total. The van der Waals surface area contributed by atoms with Gasteiger partial charge in [-0.15, -0.1) is 6.42 Å². The van der Waals surface area contributed by atoms with E-state index in [0.29, 0.717) is 24.6 Å². The molecule has 0 aliphatic carbocycles. The third-order valence-electron chi connectivity index (χ3n) is 4.63. The Labute approximate surface area is 174 Å². The van der Waals surface area contributed by atoms with Crippen molar-refractivity contribution in [3.05, 3.63) is 46.8 Å². The first-order valence-corrected chi connectivity index (χ1v) is 9.62. The Bertz CT molecular complexity index is 813. The predicted molar refractivity (Wildman–Crippen MR) is 111 cm³/mol. The molecule has 29 heavy (non-hydrogen) atoms. The van der Waals surface area contributed by atoms with Crippen molar-refractivity contribution >= 4 is 23.4 Å². The number of hydrogen-bond donors (Lipinski definition) is 1. The minimum Gasteiger partial charge on any atom is -0.477 e. The maximum absolute atomic E-state index is 15.0. The highest BCUT2D eigenvalue weighted by atomic mass is 35.5. The highest BCUT2D eigenvalue weighted by Gasteiger charge is 2.35. The summed E-state index contributed by atoms with van der Waals surface area (Å²) in [5.74, 6) is 1.91. The average molecular weight is 424 g/mol. The van der Waals surface area contributed by atoms with Crippen LogP contribution in [0.1, 0.15) is 23.2 Å². The molecule has 1 aromatic rings. The van der Waals surface area contributed by atoms with Crippen LogP contribution < -0.4 is 5.32 Å². The Hall–Kier alpha value is -2.43. The number of hydrogen-bond acceptors (Lipinski definition) is 4. The van der Waals surface area contributed by atoms with E-state index in [4.69, 9.17) is 22.8 Å².